The summed E-state index contributed by atoms with van der Waals surface area (Å²) in [7, 11) is 0. The van der Waals surface area contributed by atoms with Crippen LogP contribution >= 0.6 is 0 Å². The molecule has 138 valence electrons. The zero-order chi connectivity index (χ0) is 18.6. The number of nitrogens with zero attached hydrogens (tertiary/aromatic N) is 5. The van der Waals surface area contributed by atoms with Gasteiger partial charge in [-0.1, -0.05) is 36.4 Å². The molecule has 0 saturated carbocycles. The minimum absolute atomic E-state index is 0.113. The Morgan fingerprint density at radius 3 is 2.70 bits per heavy atom. The summed E-state index contributed by atoms with van der Waals surface area (Å²) in [5.74, 6) is 0.533. The minimum atomic E-state index is 0.113. The van der Waals surface area contributed by atoms with E-state index < -0.39 is 0 Å². The molecule has 2 aromatic carbocycles. The Kier molecular flexibility index (Phi) is 4.96. The van der Waals surface area contributed by atoms with Crippen molar-refractivity contribution in [2.75, 3.05) is 13.1 Å². The second-order valence-electron chi connectivity index (χ2n) is 7.15. The molecular formula is C21H23N5O. The van der Waals surface area contributed by atoms with Crippen LogP contribution in [0.4, 0.5) is 0 Å². The van der Waals surface area contributed by atoms with Gasteiger partial charge in [0.15, 0.2) is 0 Å². The van der Waals surface area contributed by atoms with E-state index in [1.54, 1.807) is 11.0 Å². The van der Waals surface area contributed by atoms with Crippen molar-refractivity contribution >= 4 is 5.91 Å². The summed E-state index contributed by atoms with van der Waals surface area (Å²) < 4.78 is 1.66. The van der Waals surface area contributed by atoms with Crippen LogP contribution in [0.25, 0.3) is 0 Å². The molecule has 0 unspecified atom stereocenters. The Morgan fingerprint density at radius 2 is 1.96 bits per heavy atom. The highest BCUT2D eigenvalue weighted by molar-refractivity contribution is 5.94. The Labute approximate surface area is 158 Å². The Hall–Kier alpha value is -3.02. The molecule has 2 heterocycles. The zero-order valence-electron chi connectivity index (χ0n) is 15.5. The molecule has 0 radical (unpaired) electrons. The van der Waals surface area contributed by atoms with Gasteiger partial charge in [-0.25, -0.2) is 4.68 Å². The van der Waals surface area contributed by atoms with Gasteiger partial charge in [-0.05, 0) is 59.0 Å². The van der Waals surface area contributed by atoms with Gasteiger partial charge in [0.25, 0.3) is 5.91 Å². The number of carbonyl (C=O) groups excluding carboxylic acids is 1. The normalized spacial score (nSPS) is 17.1. The highest BCUT2D eigenvalue weighted by Crippen LogP contribution is 2.29. The molecule has 27 heavy (non-hydrogen) atoms. The maximum Gasteiger partial charge on any atom is 0.253 e. The Morgan fingerprint density at radius 1 is 1.15 bits per heavy atom. The van der Waals surface area contributed by atoms with Gasteiger partial charge in [-0.15, -0.1) is 5.10 Å². The second kappa shape index (κ2) is 7.70. The summed E-state index contributed by atoms with van der Waals surface area (Å²) in [4.78, 5) is 15.0. The third kappa shape index (κ3) is 3.89. The first-order valence-electron chi connectivity index (χ1n) is 9.35. The third-order valence-corrected chi connectivity index (χ3v) is 5.27. The number of likely N-dealkylation sites (tertiary alicyclic amines) is 1. The van der Waals surface area contributed by atoms with Crippen LogP contribution in [0, 0.1) is 6.92 Å². The van der Waals surface area contributed by atoms with E-state index in [1.165, 1.54) is 11.1 Å². The van der Waals surface area contributed by atoms with Crippen LogP contribution < -0.4 is 0 Å². The summed E-state index contributed by atoms with van der Waals surface area (Å²) in [5, 5.41) is 11.1. The number of amides is 1. The average molecular weight is 361 g/mol. The van der Waals surface area contributed by atoms with E-state index in [0.29, 0.717) is 12.5 Å². The fourth-order valence-corrected chi connectivity index (χ4v) is 3.84. The number of benzene rings is 2. The van der Waals surface area contributed by atoms with Gasteiger partial charge in [0, 0.05) is 24.6 Å². The number of aromatic nitrogens is 4. The second-order valence-corrected chi connectivity index (χ2v) is 7.15. The van der Waals surface area contributed by atoms with Gasteiger partial charge in [0.05, 0.1) is 6.54 Å². The summed E-state index contributed by atoms with van der Waals surface area (Å²) in [6.07, 6.45) is 3.76. The summed E-state index contributed by atoms with van der Waals surface area (Å²) in [6, 6.07) is 16.3. The van der Waals surface area contributed by atoms with Crippen LogP contribution in [-0.4, -0.2) is 44.1 Å². The molecule has 0 aliphatic carbocycles. The largest absolute Gasteiger partial charge is 0.338 e. The first kappa shape index (κ1) is 17.4. The summed E-state index contributed by atoms with van der Waals surface area (Å²) in [5.41, 5.74) is 4.48. The molecule has 1 fully saturated rings. The number of tetrazole rings is 1. The van der Waals surface area contributed by atoms with Crippen LogP contribution in [0.2, 0.25) is 0 Å². The smallest absolute Gasteiger partial charge is 0.253 e. The first-order valence-corrected chi connectivity index (χ1v) is 9.35. The predicted octanol–water partition coefficient (Wildman–Crippen LogP) is 3.05. The number of carbonyl (C=O) groups is 1. The lowest BCUT2D eigenvalue weighted by Crippen LogP contribution is -2.39. The van der Waals surface area contributed by atoms with Crippen molar-refractivity contribution in [2.45, 2.75) is 32.2 Å². The first-order chi connectivity index (χ1) is 13.2. The van der Waals surface area contributed by atoms with Crippen molar-refractivity contribution in [3.8, 4) is 0 Å². The monoisotopic (exact) mass is 361 g/mol. The molecule has 0 N–H and O–H groups in total. The summed E-state index contributed by atoms with van der Waals surface area (Å²) in [6.45, 7) is 4.36. The number of piperidine rings is 1. The topological polar surface area (TPSA) is 63.9 Å². The molecule has 0 bridgehead atoms. The SMILES string of the molecule is Cc1ccccc1[C@H]1CCCN(C(=O)c2ccc(Cn3cnnn3)cc2)C1. The van der Waals surface area contributed by atoms with E-state index in [9.17, 15) is 4.79 Å². The van der Waals surface area contributed by atoms with Crippen molar-refractivity contribution in [1.82, 2.24) is 25.1 Å². The van der Waals surface area contributed by atoms with Crippen molar-refractivity contribution in [2.24, 2.45) is 0 Å². The lowest BCUT2D eigenvalue weighted by molar-refractivity contribution is 0.0707. The predicted molar refractivity (Wildman–Crippen MR) is 102 cm³/mol. The van der Waals surface area contributed by atoms with Gasteiger partial charge < -0.3 is 4.90 Å². The van der Waals surface area contributed by atoms with Gasteiger partial charge in [-0.2, -0.15) is 0 Å². The highest BCUT2D eigenvalue weighted by Gasteiger charge is 2.26. The molecule has 0 spiro atoms. The average Bonchev–Trinajstić information content (AvgIpc) is 3.21. The van der Waals surface area contributed by atoms with Crippen molar-refractivity contribution in [3.63, 3.8) is 0 Å². The van der Waals surface area contributed by atoms with Gasteiger partial charge in [0.2, 0.25) is 0 Å². The number of hydrogen-bond donors (Lipinski definition) is 0. The molecule has 1 aliphatic heterocycles. The van der Waals surface area contributed by atoms with Crippen molar-refractivity contribution in [3.05, 3.63) is 77.1 Å². The molecule has 6 heteroatoms. The Bertz CT molecular complexity index is 905. The van der Waals surface area contributed by atoms with Crippen LogP contribution in [0.3, 0.4) is 0 Å². The Balaban J connectivity index is 1.45. The molecule has 1 atom stereocenters. The van der Waals surface area contributed by atoms with E-state index in [4.69, 9.17) is 0 Å². The van der Waals surface area contributed by atoms with E-state index >= 15 is 0 Å². The molecule has 1 aromatic heterocycles. The highest BCUT2D eigenvalue weighted by atomic mass is 16.2. The molecule has 1 aliphatic rings. The van der Waals surface area contributed by atoms with Crippen LogP contribution in [0.5, 0.6) is 0 Å². The molecule has 1 amide bonds. The fraction of sp³-hybridized carbons (Fsp3) is 0.333. The van der Waals surface area contributed by atoms with E-state index in [2.05, 4.69) is 46.7 Å². The molecular weight excluding hydrogens is 338 g/mol. The maximum atomic E-state index is 13.0. The third-order valence-electron chi connectivity index (χ3n) is 5.27. The lowest BCUT2D eigenvalue weighted by atomic mass is 9.88. The van der Waals surface area contributed by atoms with Crippen LogP contribution in [-0.2, 0) is 6.54 Å². The number of hydrogen-bond acceptors (Lipinski definition) is 4. The summed E-state index contributed by atoms with van der Waals surface area (Å²) >= 11 is 0. The van der Waals surface area contributed by atoms with E-state index in [1.807, 2.05) is 29.2 Å². The van der Waals surface area contributed by atoms with Gasteiger partial charge in [0.1, 0.15) is 6.33 Å². The molecule has 3 aromatic rings. The standard InChI is InChI=1S/C21H23N5O/c1-16-5-2-3-7-20(16)19-6-4-12-25(14-19)21(27)18-10-8-17(9-11-18)13-26-15-22-23-24-26/h2-3,5,7-11,15,19H,4,6,12-14H2,1H3/t19-/m0/s1. The van der Waals surface area contributed by atoms with Gasteiger partial charge >= 0.3 is 0 Å². The van der Waals surface area contributed by atoms with Crippen LogP contribution in [0.1, 0.15) is 45.8 Å². The van der Waals surface area contributed by atoms with E-state index in [-0.39, 0.29) is 5.91 Å². The zero-order valence-corrected chi connectivity index (χ0v) is 15.5. The van der Waals surface area contributed by atoms with Gasteiger partial charge in [-0.3, -0.25) is 4.79 Å². The number of aryl methyl sites for hydroxylation is 1. The maximum absolute atomic E-state index is 13.0. The quantitative estimate of drug-likeness (QED) is 0.716. The minimum Gasteiger partial charge on any atom is -0.338 e. The molecule has 6 nitrogen and oxygen atoms in total. The number of rotatable bonds is 4. The fourth-order valence-electron chi connectivity index (χ4n) is 3.84. The van der Waals surface area contributed by atoms with Crippen molar-refractivity contribution in [1.29, 1.82) is 0 Å². The molecule has 4 rings (SSSR count). The lowest BCUT2D eigenvalue weighted by Gasteiger charge is -2.33. The molecule has 1 saturated heterocycles. The van der Waals surface area contributed by atoms with Crippen LogP contribution in [0.15, 0.2) is 54.9 Å². The van der Waals surface area contributed by atoms with Crippen molar-refractivity contribution < 1.29 is 4.79 Å². The van der Waals surface area contributed by atoms with E-state index in [0.717, 1.165) is 37.1 Å².